The van der Waals surface area contributed by atoms with Gasteiger partial charge in [-0.15, -0.1) is 0 Å². The largest absolute Gasteiger partial charge is 0.391 e. The molecule has 0 radical (unpaired) electrons. The smallest absolute Gasteiger partial charge is 0.243 e. The van der Waals surface area contributed by atoms with Crippen LogP contribution in [0, 0.1) is 29.6 Å². The van der Waals surface area contributed by atoms with Crippen molar-refractivity contribution in [3.8, 4) is 0 Å². The first-order chi connectivity index (χ1) is 23.1. The lowest BCUT2D eigenvalue weighted by atomic mass is 9.83. The Morgan fingerprint density at radius 3 is 2.02 bits per heavy atom. The quantitative estimate of drug-likeness (QED) is 0.142. The zero-order valence-electron chi connectivity index (χ0n) is 30.6. The number of carbonyl (C=O) groups excluding carboxylic acids is 4. The van der Waals surface area contributed by atoms with Crippen LogP contribution in [-0.4, -0.2) is 68.9 Å². The number of hydrogen-bond acceptors (Lipinski definition) is 7. The molecular formula is C38H60N6O5. The number of amides is 4. The Labute approximate surface area is 293 Å². The third-order valence-electron chi connectivity index (χ3n) is 9.21. The van der Waals surface area contributed by atoms with E-state index in [0.717, 1.165) is 5.56 Å². The van der Waals surface area contributed by atoms with Gasteiger partial charge in [0.1, 0.15) is 12.1 Å². The SMILES string of the molecule is CCC(C)C(NC(=O)C(CC(O)C(CC(C)C)N(C(=O)[C@@H](N)Cc1ccccc1)[C@H](C(N)=O)C(C)C)C(C)C)C(=O)NCc1ccccn1. The first-order valence-electron chi connectivity index (χ1n) is 17.7. The highest BCUT2D eigenvalue weighted by atomic mass is 16.3. The maximum atomic E-state index is 14.2. The average molecular weight is 681 g/mol. The Kier molecular flexibility index (Phi) is 16.9. The number of aliphatic hydroxyl groups excluding tert-OH is 1. The molecule has 1 aromatic carbocycles. The van der Waals surface area contributed by atoms with Crippen molar-refractivity contribution in [2.75, 3.05) is 0 Å². The minimum absolute atomic E-state index is 0.00898. The number of nitrogens with zero attached hydrogens (tertiary/aromatic N) is 2. The Bertz CT molecular complexity index is 1320. The van der Waals surface area contributed by atoms with Crippen LogP contribution in [-0.2, 0) is 32.1 Å². The normalized spacial score (nSPS) is 15.9. The van der Waals surface area contributed by atoms with Crippen LogP contribution in [0.5, 0.6) is 0 Å². The molecule has 1 heterocycles. The standard InChI is InChI=1S/C38H60N6O5/c1-9-26(8)33(37(48)42-22-28-17-13-14-18-41-28)43-36(47)29(24(4)5)21-32(45)31(19-23(2)3)44(34(25(6)7)35(40)46)38(49)30(39)20-27-15-11-10-12-16-27/h10-18,23-26,29-34,45H,9,19-22,39H2,1-8H3,(H2,40,46)(H,42,48)(H,43,47)/t26?,29?,30-,31?,32?,33?,34-/m0/s1. The molecule has 2 rings (SSSR count). The van der Waals surface area contributed by atoms with Gasteiger partial charge in [0, 0.05) is 12.1 Å². The summed E-state index contributed by atoms with van der Waals surface area (Å²) < 4.78 is 0. The number of aliphatic hydroxyl groups is 1. The number of primary amides is 1. The molecule has 0 aliphatic heterocycles. The number of carbonyl (C=O) groups is 4. The topological polar surface area (TPSA) is 181 Å². The van der Waals surface area contributed by atoms with E-state index in [1.807, 2.05) is 84.0 Å². The summed E-state index contributed by atoms with van der Waals surface area (Å²) in [5, 5.41) is 17.8. The van der Waals surface area contributed by atoms with Crippen molar-refractivity contribution in [3.05, 3.63) is 66.0 Å². The summed E-state index contributed by atoms with van der Waals surface area (Å²) in [7, 11) is 0. The van der Waals surface area contributed by atoms with Crippen LogP contribution in [0.1, 0.15) is 85.9 Å². The van der Waals surface area contributed by atoms with Crippen molar-refractivity contribution in [2.24, 2.45) is 41.1 Å². The van der Waals surface area contributed by atoms with Gasteiger partial charge in [-0.1, -0.05) is 98.2 Å². The predicted molar refractivity (Wildman–Crippen MR) is 192 cm³/mol. The molecule has 2 aromatic rings. The Morgan fingerprint density at radius 2 is 1.51 bits per heavy atom. The number of aromatic nitrogens is 1. The second-order valence-corrected chi connectivity index (χ2v) is 14.4. The Balaban J connectivity index is 2.41. The van der Waals surface area contributed by atoms with E-state index in [1.54, 1.807) is 26.1 Å². The third kappa shape index (κ3) is 12.5. The number of nitrogens with two attached hydrogens (primary N) is 2. The molecule has 5 unspecified atom stereocenters. The number of nitrogens with one attached hydrogen (secondary N) is 2. The van der Waals surface area contributed by atoms with Gasteiger partial charge in [0.15, 0.2) is 0 Å². The van der Waals surface area contributed by atoms with E-state index in [2.05, 4.69) is 15.6 Å². The van der Waals surface area contributed by atoms with Gasteiger partial charge in [-0.25, -0.2) is 0 Å². The molecule has 4 amide bonds. The molecule has 0 spiro atoms. The summed E-state index contributed by atoms with van der Waals surface area (Å²) in [4.78, 5) is 60.1. The van der Waals surface area contributed by atoms with Crippen molar-refractivity contribution in [1.29, 1.82) is 0 Å². The van der Waals surface area contributed by atoms with Gasteiger partial charge in [-0.2, -0.15) is 0 Å². The van der Waals surface area contributed by atoms with Crippen molar-refractivity contribution in [2.45, 2.75) is 118 Å². The summed E-state index contributed by atoms with van der Waals surface area (Å²) in [6.07, 6.45) is 1.68. The highest BCUT2D eigenvalue weighted by Crippen LogP contribution is 2.28. The monoisotopic (exact) mass is 680 g/mol. The number of benzene rings is 1. The minimum Gasteiger partial charge on any atom is -0.391 e. The Morgan fingerprint density at radius 1 is 0.878 bits per heavy atom. The van der Waals surface area contributed by atoms with E-state index in [4.69, 9.17) is 11.5 Å². The lowest BCUT2D eigenvalue weighted by Gasteiger charge is -2.43. The molecule has 0 aliphatic rings. The van der Waals surface area contributed by atoms with E-state index >= 15 is 0 Å². The average Bonchev–Trinajstić information content (AvgIpc) is 3.05. The Hall–Kier alpha value is -3.83. The molecule has 0 bridgehead atoms. The van der Waals surface area contributed by atoms with E-state index < -0.39 is 48.0 Å². The van der Waals surface area contributed by atoms with Crippen LogP contribution in [0.2, 0.25) is 0 Å². The van der Waals surface area contributed by atoms with Crippen LogP contribution >= 0.6 is 0 Å². The van der Waals surface area contributed by atoms with E-state index in [9.17, 15) is 24.3 Å². The summed E-state index contributed by atoms with van der Waals surface area (Å²) in [5.74, 6) is -3.31. The number of rotatable bonds is 20. The fourth-order valence-electron chi connectivity index (χ4n) is 6.23. The zero-order chi connectivity index (χ0) is 36.8. The summed E-state index contributed by atoms with van der Waals surface area (Å²) in [5.41, 5.74) is 14.0. The highest BCUT2D eigenvalue weighted by Gasteiger charge is 2.42. The molecule has 0 saturated carbocycles. The molecule has 0 saturated heterocycles. The molecule has 1 aromatic heterocycles. The van der Waals surface area contributed by atoms with Crippen LogP contribution in [0.25, 0.3) is 0 Å². The van der Waals surface area contributed by atoms with E-state index in [-0.39, 0.29) is 54.9 Å². The first-order valence-corrected chi connectivity index (χ1v) is 17.7. The molecule has 11 nitrogen and oxygen atoms in total. The lowest BCUT2D eigenvalue weighted by Crippen LogP contribution is -2.62. The predicted octanol–water partition coefficient (Wildman–Crippen LogP) is 3.58. The van der Waals surface area contributed by atoms with Crippen LogP contribution in [0.15, 0.2) is 54.7 Å². The van der Waals surface area contributed by atoms with Crippen LogP contribution in [0.3, 0.4) is 0 Å². The molecular weight excluding hydrogens is 620 g/mol. The van der Waals surface area contributed by atoms with Crippen molar-refractivity contribution in [1.82, 2.24) is 20.5 Å². The lowest BCUT2D eigenvalue weighted by molar-refractivity contribution is -0.150. The zero-order valence-corrected chi connectivity index (χ0v) is 30.6. The van der Waals surface area contributed by atoms with E-state index in [0.29, 0.717) is 18.5 Å². The second-order valence-electron chi connectivity index (χ2n) is 14.4. The number of hydrogen-bond donors (Lipinski definition) is 5. The molecule has 11 heteroatoms. The van der Waals surface area contributed by atoms with Crippen molar-refractivity contribution in [3.63, 3.8) is 0 Å². The van der Waals surface area contributed by atoms with E-state index in [1.165, 1.54) is 4.90 Å². The van der Waals surface area contributed by atoms with Crippen LogP contribution < -0.4 is 22.1 Å². The third-order valence-corrected chi connectivity index (χ3v) is 9.21. The van der Waals surface area contributed by atoms with Gasteiger partial charge in [0.2, 0.25) is 23.6 Å². The minimum atomic E-state index is -1.20. The fraction of sp³-hybridized carbons (Fsp3) is 0.605. The number of pyridine rings is 1. The van der Waals surface area contributed by atoms with Gasteiger partial charge in [0.25, 0.3) is 0 Å². The van der Waals surface area contributed by atoms with Crippen molar-refractivity contribution >= 4 is 23.6 Å². The second kappa shape index (κ2) is 20.0. The molecule has 49 heavy (non-hydrogen) atoms. The van der Waals surface area contributed by atoms with Gasteiger partial charge in [0.05, 0.1) is 30.4 Å². The van der Waals surface area contributed by atoms with Crippen molar-refractivity contribution < 1.29 is 24.3 Å². The highest BCUT2D eigenvalue weighted by molar-refractivity contribution is 5.90. The van der Waals surface area contributed by atoms with Gasteiger partial charge in [-0.3, -0.25) is 24.2 Å². The fourth-order valence-corrected chi connectivity index (χ4v) is 6.23. The molecule has 0 aliphatic carbocycles. The van der Waals surface area contributed by atoms with Crippen LogP contribution in [0.4, 0.5) is 0 Å². The summed E-state index contributed by atoms with van der Waals surface area (Å²) in [6, 6.07) is 11.1. The van der Waals surface area contributed by atoms with Gasteiger partial charge >= 0.3 is 0 Å². The summed E-state index contributed by atoms with van der Waals surface area (Å²) in [6.45, 7) is 15.4. The summed E-state index contributed by atoms with van der Waals surface area (Å²) >= 11 is 0. The first kappa shape index (κ1) is 41.3. The molecule has 7 atom stereocenters. The van der Waals surface area contributed by atoms with Gasteiger partial charge < -0.3 is 32.1 Å². The molecule has 0 fully saturated rings. The van der Waals surface area contributed by atoms with Gasteiger partial charge in [-0.05, 0) is 60.6 Å². The molecule has 272 valence electrons. The maximum absolute atomic E-state index is 14.2. The maximum Gasteiger partial charge on any atom is 0.243 e. The molecule has 7 N–H and O–H groups in total.